The zero-order valence-corrected chi connectivity index (χ0v) is 20.5. The number of hydrogen-bond donors (Lipinski definition) is 3. The summed E-state index contributed by atoms with van der Waals surface area (Å²) >= 11 is 0. The van der Waals surface area contributed by atoms with Crippen molar-refractivity contribution in [1.82, 2.24) is 5.32 Å². The SMILES string of the molecule is CC(C)(CCCc1ccc(F)cc1)NC[C@H](O)COc1cc(-c2ccc(C(=O)O)cc2)ccc1C#N. The number of hydrogen-bond acceptors (Lipinski definition) is 5. The van der Waals surface area contributed by atoms with E-state index in [0.717, 1.165) is 36.0 Å². The van der Waals surface area contributed by atoms with E-state index < -0.39 is 12.1 Å². The lowest BCUT2D eigenvalue weighted by atomic mass is 9.95. The number of ether oxygens (including phenoxy) is 1. The number of carbonyl (C=O) groups is 1. The molecular weight excluding hydrogens is 459 g/mol. The van der Waals surface area contributed by atoms with Crippen LogP contribution < -0.4 is 10.1 Å². The summed E-state index contributed by atoms with van der Waals surface area (Å²) in [6, 6.07) is 20.2. The second kappa shape index (κ2) is 12.3. The lowest BCUT2D eigenvalue weighted by Gasteiger charge is -2.28. The molecule has 7 heteroatoms. The van der Waals surface area contributed by atoms with Crippen molar-refractivity contribution in [3.05, 3.63) is 89.2 Å². The lowest BCUT2D eigenvalue weighted by Crippen LogP contribution is -2.44. The van der Waals surface area contributed by atoms with Crippen LogP contribution >= 0.6 is 0 Å². The molecule has 3 rings (SSSR count). The molecule has 0 bridgehead atoms. The monoisotopic (exact) mass is 490 g/mol. The van der Waals surface area contributed by atoms with Gasteiger partial charge in [-0.2, -0.15) is 5.26 Å². The van der Waals surface area contributed by atoms with Gasteiger partial charge in [0.05, 0.1) is 11.1 Å². The molecule has 0 unspecified atom stereocenters. The van der Waals surface area contributed by atoms with Crippen LogP contribution in [0.2, 0.25) is 0 Å². The van der Waals surface area contributed by atoms with Crippen molar-refractivity contribution in [3.63, 3.8) is 0 Å². The van der Waals surface area contributed by atoms with Crippen LogP contribution in [0.4, 0.5) is 4.39 Å². The van der Waals surface area contributed by atoms with Gasteiger partial charge < -0.3 is 20.3 Å². The lowest BCUT2D eigenvalue weighted by molar-refractivity contribution is 0.0697. The highest BCUT2D eigenvalue weighted by molar-refractivity contribution is 5.88. The normalized spacial score (nSPS) is 12.1. The van der Waals surface area contributed by atoms with E-state index in [9.17, 15) is 19.6 Å². The molecule has 0 amide bonds. The summed E-state index contributed by atoms with van der Waals surface area (Å²) in [5.74, 6) is -0.876. The van der Waals surface area contributed by atoms with Gasteiger partial charge in [-0.1, -0.05) is 30.3 Å². The van der Waals surface area contributed by atoms with E-state index in [1.807, 2.05) is 0 Å². The summed E-state index contributed by atoms with van der Waals surface area (Å²) < 4.78 is 18.8. The van der Waals surface area contributed by atoms with Gasteiger partial charge in [-0.3, -0.25) is 0 Å². The summed E-state index contributed by atoms with van der Waals surface area (Å²) in [5.41, 5.74) is 2.99. The number of benzene rings is 3. The molecule has 3 aromatic carbocycles. The van der Waals surface area contributed by atoms with E-state index in [2.05, 4.69) is 25.2 Å². The van der Waals surface area contributed by atoms with Gasteiger partial charge in [0.1, 0.15) is 30.3 Å². The van der Waals surface area contributed by atoms with Gasteiger partial charge in [0, 0.05) is 12.1 Å². The Morgan fingerprint density at radius 1 is 1.08 bits per heavy atom. The molecule has 3 N–H and O–H groups in total. The minimum atomic E-state index is -0.996. The van der Waals surface area contributed by atoms with Gasteiger partial charge in [-0.25, -0.2) is 9.18 Å². The Labute approximate surface area is 211 Å². The van der Waals surface area contributed by atoms with E-state index in [0.29, 0.717) is 17.9 Å². The van der Waals surface area contributed by atoms with Crippen LogP contribution in [-0.2, 0) is 6.42 Å². The Kier molecular flexibility index (Phi) is 9.18. The zero-order chi connectivity index (χ0) is 26.1. The molecular formula is C29H31FN2O4. The maximum Gasteiger partial charge on any atom is 0.335 e. The molecule has 3 aromatic rings. The number of carboxylic acids is 1. The first-order chi connectivity index (χ1) is 17.2. The van der Waals surface area contributed by atoms with Crippen LogP contribution in [0.25, 0.3) is 11.1 Å². The van der Waals surface area contributed by atoms with E-state index in [4.69, 9.17) is 9.84 Å². The van der Waals surface area contributed by atoms with Gasteiger partial charge in [-0.15, -0.1) is 0 Å². The quantitative estimate of drug-likeness (QED) is 0.323. The summed E-state index contributed by atoms with van der Waals surface area (Å²) in [7, 11) is 0. The Bertz CT molecular complexity index is 1200. The number of nitriles is 1. The fourth-order valence-electron chi connectivity index (χ4n) is 3.83. The Hall–Kier alpha value is -3.73. The van der Waals surface area contributed by atoms with E-state index in [1.165, 1.54) is 24.3 Å². The molecule has 0 saturated carbocycles. The third kappa shape index (κ3) is 7.91. The largest absolute Gasteiger partial charge is 0.489 e. The summed E-state index contributed by atoms with van der Waals surface area (Å²) in [5, 5.41) is 32.4. The van der Waals surface area contributed by atoms with Crippen LogP contribution in [0, 0.1) is 17.1 Å². The summed E-state index contributed by atoms with van der Waals surface area (Å²) in [6.07, 6.45) is 1.86. The number of aromatic carboxylic acids is 1. The summed E-state index contributed by atoms with van der Waals surface area (Å²) in [6.45, 7) is 4.47. The number of aliphatic hydroxyl groups is 1. The highest BCUT2D eigenvalue weighted by Gasteiger charge is 2.19. The highest BCUT2D eigenvalue weighted by Crippen LogP contribution is 2.27. The van der Waals surface area contributed by atoms with Crippen LogP contribution in [0.1, 0.15) is 48.2 Å². The molecule has 0 radical (unpaired) electrons. The van der Waals surface area contributed by atoms with Crippen LogP contribution in [-0.4, -0.2) is 41.0 Å². The number of β-amino-alcohol motifs (C(OH)–C–C–N with tert-alkyl or cyclic N) is 1. The number of carboxylic acid groups (broad SMARTS) is 1. The first-order valence-corrected chi connectivity index (χ1v) is 11.8. The first-order valence-electron chi connectivity index (χ1n) is 11.8. The molecule has 0 aliphatic heterocycles. The number of aryl methyl sites for hydroxylation is 1. The number of nitrogens with zero attached hydrogens (tertiary/aromatic N) is 1. The smallest absolute Gasteiger partial charge is 0.335 e. The second-order valence-electron chi connectivity index (χ2n) is 9.41. The van der Waals surface area contributed by atoms with Crippen molar-refractivity contribution >= 4 is 5.97 Å². The average molecular weight is 491 g/mol. The molecule has 0 spiro atoms. The molecule has 0 heterocycles. The maximum atomic E-state index is 13.0. The van der Waals surface area contributed by atoms with Gasteiger partial charge in [0.25, 0.3) is 0 Å². The molecule has 0 aromatic heterocycles. The second-order valence-corrected chi connectivity index (χ2v) is 9.41. The molecule has 36 heavy (non-hydrogen) atoms. The molecule has 0 aliphatic rings. The van der Waals surface area contributed by atoms with E-state index >= 15 is 0 Å². The maximum absolute atomic E-state index is 13.0. The minimum Gasteiger partial charge on any atom is -0.489 e. The molecule has 0 aliphatic carbocycles. The van der Waals surface area contributed by atoms with Crippen molar-refractivity contribution in [2.45, 2.75) is 44.8 Å². The van der Waals surface area contributed by atoms with Crippen LogP contribution in [0.15, 0.2) is 66.7 Å². The molecule has 188 valence electrons. The topological polar surface area (TPSA) is 103 Å². The zero-order valence-electron chi connectivity index (χ0n) is 20.5. The number of rotatable bonds is 12. The van der Waals surface area contributed by atoms with Crippen molar-refractivity contribution in [2.24, 2.45) is 0 Å². The fraction of sp³-hybridized carbons (Fsp3) is 0.310. The standard InChI is InChI=1S/C29H31FN2O4/c1-29(2,15-3-4-20-5-13-25(30)14-6-20)32-18-26(33)19-36-27-16-23(11-12-24(27)17-31)21-7-9-22(10-8-21)28(34)35/h5-14,16,26,32-33H,3-4,15,18-19H2,1-2H3,(H,34,35)/t26-/m0/s1. The van der Waals surface area contributed by atoms with Crippen molar-refractivity contribution in [3.8, 4) is 22.9 Å². The predicted octanol–water partition coefficient (Wildman–Crippen LogP) is 5.19. The van der Waals surface area contributed by atoms with Gasteiger partial charge in [0.2, 0.25) is 0 Å². The third-order valence-corrected chi connectivity index (χ3v) is 6.00. The van der Waals surface area contributed by atoms with E-state index in [-0.39, 0.29) is 23.5 Å². The van der Waals surface area contributed by atoms with Gasteiger partial charge >= 0.3 is 5.97 Å². The average Bonchev–Trinajstić information content (AvgIpc) is 2.87. The molecule has 0 fully saturated rings. The third-order valence-electron chi connectivity index (χ3n) is 6.00. The van der Waals surface area contributed by atoms with Crippen LogP contribution in [0.3, 0.4) is 0 Å². The first kappa shape index (κ1) is 26.9. The van der Waals surface area contributed by atoms with Crippen molar-refractivity contribution in [1.29, 1.82) is 5.26 Å². The Balaban J connectivity index is 1.51. The number of aliphatic hydroxyl groups excluding tert-OH is 1. The number of halogens is 1. The minimum absolute atomic E-state index is 0.00868. The van der Waals surface area contributed by atoms with Gasteiger partial charge in [-0.05, 0) is 86.2 Å². The van der Waals surface area contributed by atoms with Gasteiger partial charge in [0.15, 0.2) is 0 Å². The highest BCUT2D eigenvalue weighted by atomic mass is 19.1. The fourth-order valence-corrected chi connectivity index (χ4v) is 3.83. The predicted molar refractivity (Wildman–Crippen MR) is 136 cm³/mol. The Morgan fingerprint density at radius 2 is 1.75 bits per heavy atom. The van der Waals surface area contributed by atoms with Crippen LogP contribution in [0.5, 0.6) is 5.75 Å². The van der Waals surface area contributed by atoms with Crippen molar-refractivity contribution < 1.29 is 24.1 Å². The molecule has 1 atom stereocenters. The Morgan fingerprint density at radius 3 is 2.39 bits per heavy atom. The number of nitrogens with one attached hydrogen (secondary N) is 1. The molecule has 0 saturated heterocycles. The summed E-state index contributed by atoms with van der Waals surface area (Å²) in [4.78, 5) is 11.1. The molecule has 6 nitrogen and oxygen atoms in total. The van der Waals surface area contributed by atoms with Crippen molar-refractivity contribution in [2.75, 3.05) is 13.2 Å². The van der Waals surface area contributed by atoms with E-state index in [1.54, 1.807) is 42.5 Å².